The highest BCUT2D eigenvalue weighted by atomic mass is 32.2. The van der Waals surface area contributed by atoms with Gasteiger partial charge in [-0.15, -0.1) is 0 Å². The first-order valence-corrected chi connectivity index (χ1v) is 19.6. The van der Waals surface area contributed by atoms with E-state index in [0.29, 0.717) is 11.4 Å². The fourth-order valence-electron chi connectivity index (χ4n) is 8.91. The maximum absolute atomic E-state index is 9.76. The van der Waals surface area contributed by atoms with Crippen LogP contribution < -0.4 is 0 Å². The van der Waals surface area contributed by atoms with Crippen molar-refractivity contribution in [2.45, 2.75) is 15.2 Å². The van der Waals surface area contributed by atoms with E-state index in [1.165, 1.54) is 48.6 Å². The van der Waals surface area contributed by atoms with Crippen LogP contribution in [0.15, 0.2) is 198 Å². The summed E-state index contributed by atoms with van der Waals surface area (Å²) in [6.07, 6.45) is 0. The Morgan fingerprint density at radius 2 is 1.00 bits per heavy atom. The van der Waals surface area contributed by atoms with Gasteiger partial charge in [-0.25, -0.2) is 9.97 Å². The van der Waals surface area contributed by atoms with Crippen LogP contribution in [0.2, 0.25) is 0 Å². The molecule has 56 heavy (non-hydrogen) atoms. The standard InChI is InChI=1S/C52H31N3S/c53-32-33-12-10-17-36(28-33)37-24-26-49-45(29-37)52(43-22-8-6-19-40(43)41-20-7-9-23-44(41)52)46-30-38(25-27-50(46)56-49)47-31-48(55-51(54-47)35-14-2-1-3-15-35)42-21-11-16-34-13-4-5-18-39(34)42/h1-31H. The lowest BCUT2D eigenvalue weighted by Crippen LogP contribution is -2.32. The Kier molecular flexibility index (Phi) is 7.38. The topological polar surface area (TPSA) is 49.6 Å². The maximum Gasteiger partial charge on any atom is 0.160 e. The molecule has 11 rings (SSSR count). The van der Waals surface area contributed by atoms with Crippen molar-refractivity contribution in [2.75, 3.05) is 0 Å². The molecule has 0 amide bonds. The number of hydrogen-bond acceptors (Lipinski definition) is 4. The summed E-state index contributed by atoms with van der Waals surface area (Å²) in [4.78, 5) is 13.0. The molecule has 260 valence electrons. The van der Waals surface area contributed by atoms with Gasteiger partial charge >= 0.3 is 0 Å². The second-order valence-corrected chi connectivity index (χ2v) is 15.5. The largest absolute Gasteiger partial charge is 0.228 e. The monoisotopic (exact) mass is 729 g/mol. The molecule has 3 nitrogen and oxygen atoms in total. The molecule has 0 unspecified atom stereocenters. The van der Waals surface area contributed by atoms with E-state index < -0.39 is 5.41 Å². The van der Waals surface area contributed by atoms with Gasteiger partial charge in [0.1, 0.15) is 0 Å². The van der Waals surface area contributed by atoms with Gasteiger partial charge < -0.3 is 0 Å². The van der Waals surface area contributed by atoms with Gasteiger partial charge in [0.05, 0.1) is 28.4 Å². The van der Waals surface area contributed by atoms with Crippen LogP contribution in [0, 0.1) is 11.3 Å². The molecule has 8 aromatic carbocycles. The van der Waals surface area contributed by atoms with Crippen molar-refractivity contribution in [2.24, 2.45) is 0 Å². The van der Waals surface area contributed by atoms with Crippen LogP contribution in [0.4, 0.5) is 0 Å². The minimum absolute atomic E-state index is 0.588. The Morgan fingerprint density at radius 3 is 1.77 bits per heavy atom. The van der Waals surface area contributed by atoms with Crippen LogP contribution in [0.3, 0.4) is 0 Å². The molecule has 0 bridgehead atoms. The van der Waals surface area contributed by atoms with E-state index in [4.69, 9.17) is 9.97 Å². The predicted octanol–water partition coefficient (Wildman–Crippen LogP) is 13.0. The van der Waals surface area contributed by atoms with E-state index in [0.717, 1.165) is 44.6 Å². The number of hydrogen-bond donors (Lipinski definition) is 0. The fourth-order valence-corrected chi connectivity index (χ4v) is 10.1. The molecule has 0 saturated heterocycles. The molecule has 2 heterocycles. The molecule has 1 aliphatic heterocycles. The third-order valence-corrected chi connectivity index (χ3v) is 12.5. The maximum atomic E-state index is 9.76. The average Bonchev–Trinajstić information content (AvgIpc) is 3.57. The number of nitriles is 1. The van der Waals surface area contributed by atoms with E-state index in [2.05, 4.69) is 158 Å². The number of benzene rings is 8. The quantitative estimate of drug-likeness (QED) is 0.181. The first kappa shape index (κ1) is 32.4. The summed E-state index contributed by atoms with van der Waals surface area (Å²) in [5.41, 5.74) is 14.6. The van der Waals surface area contributed by atoms with Crippen LogP contribution in [-0.4, -0.2) is 9.97 Å². The van der Waals surface area contributed by atoms with Crippen LogP contribution >= 0.6 is 11.8 Å². The number of rotatable bonds is 4. The van der Waals surface area contributed by atoms with E-state index in [1.54, 1.807) is 0 Å². The number of aromatic nitrogens is 2. The molecule has 9 aromatic rings. The summed E-state index contributed by atoms with van der Waals surface area (Å²) < 4.78 is 0. The minimum atomic E-state index is -0.588. The van der Waals surface area contributed by atoms with E-state index in [-0.39, 0.29) is 0 Å². The summed E-state index contributed by atoms with van der Waals surface area (Å²) in [5.74, 6) is 0.694. The molecule has 2 aliphatic rings. The van der Waals surface area contributed by atoms with Crippen LogP contribution in [0.5, 0.6) is 0 Å². The predicted molar refractivity (Wildman–Crippen MR) is 227 cm³/mol. The molecule has 0 saturated carbocycles. The lowest BCUT2D eigenvalue weighted by atomic mass is 9.66. The molecule has 1 aromatic heterocycles. The molecule has 0 radical (unpaired) electrons. The van der Waals surface area contributed by atoms with E-state index >= 15 is 0 Å². The highest BCUT2D eigenvalue weighted by Crippen LogP contribution is 2.62. The van der Waals surface area contributed by atoms with Crippen molar-refractivity contribution < 1.29 is 0 Å². The minimum Gasteiger partial charge on any atom is -0.228 e. The summed E-state index contributed by atoms with van der Waals surface area (Å²) in [6, 6.07) is 69.1. The van der Waals surface area contributed by atoms with Gasteiger partial charge in [0.2, 0.25) is 0 Å². The Bertz CT molecular complexity index is 3040. The first-order chi connectivity index (χ1) is 27.7. The number of fused-ring (bicyclic) bond motifs is 10. The van der Waals surface area contributed by atoms with Crippen LogP contribution in [0.25, 0.3) is 66.9 Å². The fraction of sp³-hybridized carbons (Fsp3) is 0.0192. The van der Waals surface area contributed by atoms with Crippen LogP contribution in [0.1, 0.15) is 27.8 Å². The van der Waals surface area contributed by atoms with Gasteiger partial charge in [0, 0.05) is 26.5 Å². The Hall–Kier alpha value is -7.06. The molecule has 0 atom stereocenters. The first-order valence-electron chi connectivity index (χ1n) is 18.8. The van der Waals surface area contributed by atoms with Crippen molar-refractivity contribution in [3.8, 4) is 62.2 Å². The normalized spacial score (nSPS) is 13.1. The summed E-state index contributed by atoms with van der Waals surface area (Å²) in [7, 11) is 0. The summed E-state index contributed by atoms with van der Waals surface area (Å²) >= 11 is 1.82. The third-order valence-electron chi connectivity index (χ3n) is 11.4. The van der Waals surface area contributed by atoms with Crippen LogP contribution in [-0.2, 0) is 5.41 Å². The zero-order valence-corrected chi connectivity index (χ0v) is 31.0. The van der Waals surface area contributed by atoms with Gasteiger partial charge in [-0.1, -0.05) is 157 Å². The molecular formula is C52H31N3S. The zero-order chi connectivity index (χ0) is 37.2. The van der Waals surface area contributed by atoms with Gasteiger partial charge in [0.15, 0.2) is 5.82 Å². The summed E-state index contributed by atoms with van der Waals surface area (Å²) in [6.45, 7) is 0. The van der Waals surface area contributed by atoms with E-state index in [9.17, 15) is 5.26 Å². The molecule has 1 aliphatic carbocycles. The van der Waals surface area contributed by atoms with Gasteiger partial charge in [-0.05, 0) is 97.7 Å². The van der Waals surface area contributed by atoms with Crippen molar-refractivity contribution >= 4 is 22.5 Å². The SMILES string of the molecule is N#Cc1cccc(-c2ccc3c(c2)C2(c4cc(-c5cc(-c6cccc7ccccc67)nc(-c6ccccc6)n5)ccc4S3)c3ccccc3-c3ccccc32)c1. The molecule has 0 fully saturated rings. The molecule has 4 heteroatoms. The zero-order valence-electron chi connectivity index (χ0n) is 30.1. The second kappa shape index (κ2) is 12.8. The molecule has 1 spiro atoms. The third kappa shape index (κ3) is 4.92. The number of nitrogens with zero attached hydrogens (tertiary/aromatic N) is 3. The Morgan fingerprint density at radius 1 is 0.429 bits per heavy atom. The average molecular weight is 730 g/mol. The highest BCUT2D eigenvalue weighted by Gasteiger charge is 2.50. The Balaban J connectivity index is 1.18. The summed E-state index contributed by atoms with van der Waals surface area (Å²) in [5, 5.41) is 12.1. The van der Waals surface area contributed by atoms with Gasteiger partial charge in [0.25, 0.3) is 0 Å². The van der Waals surface area contributed by atoms with Gasteiger partial charge in [-0.2, -0.15) is 5.26 Å². The van der Waals surface area contributed by atoms with Crippen molar-refractivity contribution in [3.05, 3.63) is 216 Å². The lowest BCUT2D eigenvalue weighted by Gasteiger charge is -2.40. The molecular weight excluding hydrogens is 699 g/mol. The van der Waals surface area contributed by atoms with E-state index in [1.807, 2.05) is 48.2 Å². The van der Waals surface area contributed by atoms with Crippen molar-refractivity contribution in [1.82, 2.24) is 9.97 Å². The second-order valence-electron chi connectivity index (χ2n) is 14.4. The van der Waals surface area contributed by atoms with Crippen molar-refractivity contribution in [1.29, 1.82) is 5.26 Å². The molecule has 0 N–H and O–H groups in total. The van der Waals surface area contributed by atoms with Crippen molar-refractivity contribution in [3.63, 3.8) is 0 Å². The lowest BCUT2D eigenvalue weighted by molar-refractivity contribution is 0.723. The Labute approximate surface area is 329 Å². The highest BCUT2D eigenvalue weighted by molar-refractivity contribution is 7.99. The smallest absolute Gasteiger partial charge is 0.160 e. The van der Waals surface area contributed by atoms with Gasteiger partial charge in [-0.3, -0.25) is 0 Å².